The molecule has 0 saturated carbocycles. The van der Waals surface area contributed by atoms with Gasteiger partial charge in [-0.1, -0.05) is 0 Å². The van der Waals surface area contributed by atoms with Crippen LogP contribution in [0.1, 0.15) is 19.8 Å². The van der Waals surface area contributed by atoms with Gasteiger partial charge in [-0.3, -0.25) is 0 Å². The molecule has 0 spiro atoms. The Morgan fingerprint density at radius 2 is 1.95 bits per heavy atom. The Balaban J connectivity index is 4.12. The van der Waals surface area contributed by atoms with E-state index in [0.717, 1.165) is 0 Å². The largest absolute Gasteiger partial charge is 0.480 e. The first-order valence-electron chi connectivity index (χ1n) is 6.30. The smallest absolute Gasteiger partial charge is 0.326 e. The number of urea groups is 1. The van der Waals surface area contributed by atoms with E-state index in [9.17, 15) is 9.59 Å². The number of carboxylic acids is 1. The van der Waals surface area contributed by atoms with Gasteiger partial charge in [0.2, 0.25) is 0 Å². The minimum Gasteiger partial charge on any atom is -0.480 e. The van der Waals surface area contributed by atoms with Crippen molar-refractivity contribution in [3.63, 3.8) is 0 Å². The highest BCUT2D eigenvalue weighted by Gasteiger charge is 2.20. The summed E-state index contributed by atoms with van der Waals surface area (Å²) in [5.74, 6) is -1.04. The van der Waals surface area contributed by atoms with E-state index in [1.165, 1.54) is 0 Å². The van der Waals surface area contributed by atoms with Gasteiger partial charge in [0.25, 0.3) is 0 Å². The lowest BCUT2D eigenvalue weighted by Crippen LogP contribution is -2.50. The number of methoxy groups -OCH3 is 1. The number of hydrogen-bond donors (Lipinski definition) is 3. The Labute approximate surface area is 114 Å². The minimum absolute atomic E-state index is 0.0524. The fourth-order valence-corrected chi connectivity index (χ4v) is 1.71. The van der Waals surface area contributed by atoms with E-state index in [1.54, 1.807) is 7.11 Å². The SMILES string of the molecule is COCCCC(NC(=O)NC(C)CN(C)C)C(=O)O. The average molecular weight is 275 g/mol. The number of nitrogens with zero attached hydrogens (tertiary/aromatic N) is 1. The molecular formula is C12H25N3O4. The third-order valence-corrected chi connectivity index (χ3v) is 2.46. The molecule has 2 unspecified atom stereocenters. The molecule has 0 aliphatic heterocycles. The van der Waals surface area contributed by atoms with Crippen LogP contribution >= 0.6 is 0 Å². The number of amides is 2. The number of carboxylic acid groups (broad SMARTS) is 1. The molecule has 0 rings (SSSR count). The number of carbonyl (C=O) groups excluding carboxylic acids is 1. The highest BCUT2D eigenvalue weighted by atomic mass is 16.5. The molecule has 0 bridgehead atoms. The summed E-state index contributed by atoms with van der Waals surface area (Å²) in [5, 5.41) is 14.2. The average Bonchev–Trinajstić information content (AvgIpc) is 2.26. The second kappa shape index (κ2) is 9.57. The number of nitrogens with one attached hydrogen (secondary N) is 2. The standard InChI is InChI=1S/C12H25N3O4/c1-9(8-15(2)3)13-12(18)14-10(11(16)17)6-5-7-19-4/h9-10H,5-8H2,1-4H3,(H,16,17)(H2,13,14,18). The molecule has 0 radical (unpaired) electrons. The molecule has 7 nitrogen and oxygen atoms in total. The van der Waals surface area contributed by atoms with E-state index in [-0.39, 0.29) is 6.04 Å². The molecule has 0 aliphatic carbocycles. The summed E-state index contributed by atoms with van der Waals surface area (Å²) in [7, 11) is 5.36. The first kappa shape index (κ1) is 17.7. The van der Waals surface area contributed by atoms with Crippen molar-refractivity contribution in [3.8, 4) is 0 Å². The summed E-state index contributed by atoms with van der Waals surface area (Å²) in [6.07, 6.45) is 0.930. The quantitative estimate of drug-likeness (QED) is 0.520. The second-order valence-electron chi connectivity index (χ2n) is 4.81. The van der Waals surface area contributed by atoms with Gasteiger partial charge in [-0.15, -0.1) is 0 Å². The van der Waals surface area contributed by atoms with E-state index >= 15 is 0 Å². The molecule has 7 heteroatoms. The fourth-order valence-electron chi connectivity index (χ4n) is 1.71. The zero-order valence-electron chi connectivity index (χ0n) is 12.1. The molecule has 0 aromatic rings. The number of hydrogen-bond acceptors (Lipinski definition) is 4. The van der Waals surface area contributed by atoms with Crippen LogP contribution in [0.3, 0.4) is 0 Å². The summed E-state index contributed by atoms with van der Waals surface area (Å²) >= 11 is 0. The minimum atomic E-state index is -1.04. The van der Waals surface area contributed by atoms with Crippen LogP contribution < -0.4 is 10.6 Å². The first-order valence-corrected chi connectivity index (χ1v) is 6.30. The Morgan fingerprint density at radius 3 is 2.42 bits per heavy atom. The molecule has 0 aromatic heterocycles. The molecule has 2 atom stereocenters. The number of likely N-dealkylation sites (N-methyl/N-ethyl adjacent to an activating group) is 1. The van der Waals surface area contributed by atoms with Crippen molar-refractivity contribution < 1.29 is 19.4 Å². The summed E-state index contributed by atoms with van der Waals surface area (Å²) < 4.78 is 4.86. The van der Waals surface area contributed by atoms with E-state index in [4.69, 9.17) is 9.84 Å². The van der Waals surface area contributed by atoms with E-state index < -0.39 is 18.0 Å². The Kier molecular flexibility index (Phi) is 8.90. The van der Waals surface area contributed by atoms with Gasteiger partial charge in [0.05, 0.1) is 0 Å². The summed E-state index contributed by atoms with van der Waals surface area (Å²) in [4.78, 5) is 24.6. The molecule has 0 aromatic carbocycles. The van der Waals surface area contributed by atoms with Gasteiger partial charge in [0.1, 0.15) is 6.04 Å². The van der Waals surface area contributed by atoms with Crippen molar-refractivity contribution in [2.75, 3.05) is 34.4 Å². The van der Waals surface area contributed by atoms with Crippen LogP contribution in [0.25, 0.3) is 0 Å². The number of aliphatic carboxylic acids is 1. The zero-order chi connectivity index (χ0) is 14.8. The van der Waals surface area contributed by atoms with Crippen LogP contribution in [0.5, 0.6) is 0 Å². The summed E-state index contributed by atoms with van der Waals surface area (Å²) in [5.41, 5.74) is 0. The van der Waals surface area contributed by atoms with Gasteiger partial charge in [0.15, 0.2) is 0 Å². The zero-order valence-corrected chi connectivity index (χ0v) is 12.1. The van der Waals surface area contributed by atoms with E-state index in [1.807, 2.05) is 25.9 Å². The highest BCUT2D eigenvalue weighted by molar-refractivity contribution is 5.82. The molecule has 19 heavy (non-hydrogen) atoms. The van der Waals surface area contributed by atoms with Gasteiger partial charge >= 0.3 is 12.0 Å². The number of ether oxygens (including phenoxy) is 1. The third-order valence-electron chi connectivity index (χ3n) is 2.46. The molecular weight excluding hydrogens is 250 g/mol. The van der Waals surface area contributed by atoms with Crippen molar-refractivity contribution in [1.82, 2.24) is 15.5 Å². The highest BCUT2D eigenvalue weighted by Crippen LogP contribution is 1.98. The van der Waals surface area contributed by atoms with Gasteiger partial charge < -0.3 is 25.4 Å². The lowest BCUT2D eigenvalue weighted by Gasteiger charge is -2.20. The van der Waals surface area contributed by atoms with Crippen molar-refractivity contribution in [2.45, 2.75) is 31.8 Å². The van der Waals surface area contributed by atoms with E-state index in [2.05, 4.69) is 10.6 Å². The summed E-state index contributed by atoms with van der Waals surface area (Å²) in [6, 6.07) is -1.40. The molecule has 0 heterocycles. The Bertz CT molecular complexity index is 284. The Morgan fingerprint density at radius 1 is 1.32 bits per heavy atom. The number of carbonyl (C=O) groups is 2. The summed E-state index contributed by atoms with van der Waals surface area (Å²) in [6.45, 7) is 3.03. The third kappa shape index (κ3) is 9.26. The van der Waals surface area contributed by atoms with Crippen LogP contribution in [0.4, 0.5) is 4.79 Å². The maximum absolute atomic E-state index is 11.6. The van der Waals surface area contributed by atoms with Crippen LogP contribution in [0, 0.1) is 0 Å². The number of rotatable bonds is 9. The predicted octanol–water partition coefficient (Wildman–Crippen LogP) is 0.116. The van der Waals surface area contributed by atoms with Crippen LogP contribution in [0.2, 0.25) is 0 Å². The topological polar surface area (TPSA) is 90.9 Å². The van der Waals surface area contributed by atoms with Crippen molar-refractivity contribution in [2.24, 2.45) is 0 Å². The Hall–Kier alpha value is -1.34. The van der Waals surface area contributed by atoms with Gasteiger partial charge in [-0.25, -0.2) is 9.59 Å². The van der Waals surface area contributed by atoms with Crippen molar-refractivity contribution >= 4 is 12.0 Å². The molecule has 0 saturated heterocycles. The second-order valence-corrected chi connectivity index (χ2v) is 4.81. The normalized spacial score (nSPS) is 13.9. The van der Waals surface area contributed by atoms with Crippen molar-refractivity contribution in [1.29, 1.82) is 0 Å². The molecule has 0 fully saturated rings. The van der Waals surface area contributed by atoms with Crippen LogP contribution in [-0.2, 0) is 9.53 Å². The maximum atomic E-state index is 11.6. The predicted molar refractivity (Wildman–Crippen MR) is 72.2 cm³/mol. The molecule has 112 valence electrons. The first-order chi connectivity index (χ1) is 8.86. The lowest BCUT2D eigenvalue weighted by atomic mass is 10.1. The monoisotopic (exact) mass is 275 g/mol. The molecule has 2 amide bonds. The fraction of sp³-hybridized carbons (Fsp3) is 0.833. The van der Waals surface area contributed by atoms with Gasteiger partial charge in [-0.2, -0.15) is 0 Å². The molecule has 0 aliphatic rings. The van der Waals surface area contributed by atoms with Gasteiger partial charge in [0, 0.05) is 26.3 Å². The van der Waals surface area contributed by atoms with Gasteiger partial charge in [-0.05, 0) is 33.9 Å². The molecule has 3 N–H and O–H groups in total. The lowest BCUT2D eigenvalue weighted by molar-refractivity contribution is -0.139. The van der Waals surface area contributed by atoms with Crippen molar-refractivity contribution in [3.05, 3.63) is 0 Å². The van der Waals surface area contributed by atoms with Crippen LogP contribution in [-0.4, -0.2) is 68.4 Å². The maximum Gasteiger partial charge on any atom is 0.326 e. The van der Waals surface area contributed by atoms with E-state index in [0.29, 0.717) is 26.0 Å². The van der Waals surface area contributed by atoms with Crippen LogP contribution in [0.15, 0.2) is 0 Å².